The molecule has 2 N–H and O–H groups in total. The smallest absolute Gasteiger partial charge is 0.134 e. The number of hydrogen-bond acceptors (Lipinski definition) is 3. The number of phenolic OH excluding ortho intramolecular Hbond substituents is 1. The van der Waals surface area contributed by atoms with Crippen LogP contribution in [0.15, 0.2) is 22.7 Å². The van der Waals surface area contributed by atoms with Gasteiger partial charge in [-0.05, 0) is 28.4 Å². The van der Waals surface area contributed by atoms with E-state index < -0.39 is 0 Å². The van der Waals surface area contributed by atoms with Gasteiger partial charge >= 0.3 is 0 Å². The molecule has 0 saturated carbocycles. The van der Waals surface area contributed by atoms with Crippen molar-refractivity contribution in [1.82, 2.24) is 10.2 Å². The molecular weight excluding hydrogens is 363 g/mol. The van der Waals surface area contributed by atoms with Crippen molar-refractivity contribution in [3.8, 4) is 5.75 Å². The molecule has 0 unspecified atom stereocenters. The molecule has 1 aromatic carbocycles. The topological polar surface area (TPSA) is 35.5 Å². The summed E-state index contributed by atoms with van der Waals surface area (Å²) in [7, 11) is 0. The van der Waals surface area contributed by atoms with Crippen LogP contribution in [0.1, 0.15) is 31.4 Å². The van der Waals surface area contributed by atoms with Crippen molar-refractivity contribution in [1.29, 1.82) is 0 Å². The average molecular weight is 386 g/mol. The maximum atomic E-state index is 10.2. The molecule has 0 amide bonds. The van der Waals surface area contributed by atoms with Gasteiger partial charge in [0.1, 0.15) is 5.75 Å². The molecule has 3 nitrogen and oxygen atoms in total. The van der Waals surface area contributed by atoms with Gasteiger partial charge in [0.15, 0.2) is 0 Å². The fourth-order valence-electron chi connectivity index (χ4n) is 2.60. The molecule has 6 heteroatoms. The molecule has 0 aromatic heterocycles. The standard InChI is InChI=1S/C14H21BrN2O.2ClH/c1-2-4-13(17-9-7-16-8-10-17)11-5-3-6-12(15)14(11)18;;/h3,5-6,13,16,18H,2,4,7-10H2,1H3;2*1H/t13-;;/m1../s1. The molecule has 1 atom stereocenters. The van der Waals surface area contributed by atoms with Crippen LogP contribution >= 0.6 is 40.7 Å². The molecule has 0 spiro atoms. The Morgan fingerprint density at radius 1 is 1.30 bits per heavy atom. The zero-order chi connectivity index (χ0) is 13.0. The van der Waals surface area contributed by atoms with Gasteiger partial charge in [0.25, 0.3) is 0 Å². The molecule has 2 rings (SSSR count). The van der Waals surface area contributed by atoms with E-state index >= 15 is 0 Å². The number of phenols is 1. The van der Waals surface area contributed by atoms with Crippen LogP contribution in [0.2, 0.25) is 0 Å². The third-order valence-electron chi connectivity index (χ3n) is 3.53. The number of piperazine rings is 1. The first-order valence-corrected chi connectivity index (χ1v) is 7.45. The van der Waals surface area contributed by atoms with E-state index in [-0.39, 0.29) is 24.8 Å². The van der Waals surface area contributed by atoms with Crippen LogP contribution in [-0.2, 0) is 0 Å². The van der Waals surface area contributed by atoms with Gasteiger partial charge in [0.05, 0.1) is 4.47 Å². The minimum Gasteiger partial charge on any atom is -0.506 e. The molecule has 20 heavy (non-hydrogen) atoms. The fraction of sp³-hybridized carbons (Fsp3) is 0.571. The summed E-state index contributed by atoms with van der Waals surface area (Å²) in [5.41, 5.74) is 1.05. The Bertz CT molecular complexity index is 401. The zero-order valence-corrected chi connectivity index (χ0v) is 14.9. The molecule has 0 radical (unpaired) electrons. The van der Waals surface area contributed by atoms with Crippen molar-refractivity contribution in [2.24, 2.45) is 0 Å². The van der Waals surface area contributed by atoms with Crippen molar-refractivity contribution in [2.45, 2.75) is 25.8 Å². The Kier molecular flexibility index (Phi) is 9.85. The molecule has 1 aliphatic heterocycles. The number of nitrogens with one attached hydrogen (secondary N) is 1. The summed E-state index contributed by atoms with van der Waals surface area (Å²) in [6.07, 6.45) is 2.21. The number of rotatable bonds is 4. The van der Waals surface area contributed by atoms with Crippen molar-refractivity contribution >= 4 is 40.7 Å². The van der Waals surface area contributed by atoms with E-state index in [1.807, 2.05) is 18.2 Å². The highest BCUT2D eigenvalue weighted by atomic mass is 79.9. The lowest BCUT2D eigenvalue weighted by Gasteiger charge is -2.35. The van der Waals surface area contributed by atoms with E-state index in [1.54, 1.807) is 0 Å². The number of nitrogens with zero attached hydrogens (tertiary/aromatic N) is 1. The number of halogens is 3. The molecule has 1 aromatic rings. The summed E-state index contributed by atoms with van der Waals surface area (Å²) in [5, 5.41) is 13.6. The quantitative estimate of drug-likeness (QED) is 0.828. The van der Waals surface area contributed by atoms with Crippen molar-refractivity contribution in [2.75, 3.05) is 26.2 Å². The third kappa shape index (κ3) is 4.78. The molecule has 0 bridgehead atoms. The second-order valence-electron chi connectivity index (χ2n) is 4.77. The van der Waals surface area contributed by atoms with E-state index in [1.165, 1.54) is 0 Å². The largest absolute Gasteiger partial charge is 0.506 e. The first-order valence-electron chi connectivity index (χ1n) is 6.66. The minimum atomic E-state index is 0. The fourth-order valence-corrected chi connectivity index (χ4v) is 2.98. The summed E-state index contributed by atoms with van der Waals surface area (Å²) in [5.74, 6) is 0.398. The highest BCUT2D eigenvalue weighted by molar-refractivity contribution is 9.10. The number of hydrogen-bond donors (Lipinski definition) is 2. The number of benzene rings is 1. The predicted octanol–water partition coefficient (Wildman–Crippen LogP) is 3.74. The van der Waals surface area contributed by atoms with Crippen LogP contribution in [0, 0.1) is 0 Å². The van der Waals surface area contributed by atoms with Crippen molar-refractivity contribution < 1.29 is 5.11 Å². The van der Waals surface area contributed by atoms with Crippen molar-refractivity contribution in [3.63, 3.8) is 0 Å². The van der Waals surface area contributed by atoms with Gasteiger partial charge in [-0.1, -0.05) is 25.5 Å². The van der Waals surface area contributed by atoms with E-state index in [2.05, 4.69) is 33.1 Å². The first-order chi connectivity index (χ1) is 8.74. The minimum absolute atomic E-state index is 0. The van der Waals surface area contributed by atoms with Crippen LogP contribution < -0.4 is 5.32 Å². The summed E-state index contributed by atoms with van der Waals surface area (Å²) >= 11 is 3.41. The summed E-state index contributed by atoms with van der Waals surface area (Å²) < 4.78 is 0.788. The van der Waals surface area contributed by atoms with E-state index in [0.717, 1.165) is 49.1 Å². The van der Waals surface area contributed by atoms with E-state index in [9.17, 15) is 5.11 Å². The van der Waals surface area contributed by atoms with Gasteiger partial charge < -0.3 is 10.4 Å². The molecule has 1 heterocycles. The molecular formula is C14H23BrCl2N2O. The maximum Gasteiger partial charge on any atom is 0.134 e. The lowest BCUT2D eigenvalue weighted by atomic mass is 9.99. The van der Waals surface area contributed by atoms with Gasteiger partial charge in [-0.3, -0.25) is 4.90 Å². The SMILES string of the molecule is CCC[C@H](c1cccc(Br)c1O)N1CCNCC1.Cl.Cl. The van der Waals surface area contributed by atoms with Crippen molar-refractivity contribution in [3.05, 3.63) is 28.2 Å². The second kappa shape index (κ2) is 9.85. The molecule has 116 valence electrons. The van der Waals surface area contributed by atoms with Gasteiger partial charge in [-0.15, -0.1) is 24.8 Å². The van der Waals surface area contributed by atoms with Crippen LogP contribution in [0.3, 0.4) is 0 Å². The van der Waals surface area contributed by atoms with Crippen LogP contribution in [0.5, 0.6) is 5.75 Å². The Hall–Kier alpha value is -0.000000000000000111. The maximum absolute atomic E-state index is 10.2. The monoisotopic (exact) mass is 384 g/mol. The van der Waals surface area contributed by atoms with Gasteiger partial charge in [-0.25, -0.2) is 0 Å². The van der Waals surface area contributed by atoms with Crippen LogP contribution in [0.4, 0.5) is 0 Å². The Labute approximate surface area is 142 Å². The highest BCUT2D eigenvalue weighted by Gasteiger charge is 2.24. The number of para-hydroxylation sites is 1. The highest BCUT2D eigenvalue weighted by Crippen LogP contribution is 2.36. The lowest BCUT2D eigenvalue weighted by Crippen LogP contribution is -2.45. The van der Waals surface area contributed by atoms with Gasteiger partial charge in [0, 0.05) is 37.8 Å². The predicted molar refractivity (Wildman–Crippen MR) is 92.4 cm³/mol. The Balaban J connectivity index is 0.00000180. The molecule has 1 aliphatic rings. The second-order valence-corrected chi connectivity index (χ2v) is 5.62. The normalized spacial score (nSPS) is 16.9. The third-order valence-corrected chi connectivity index (χ3v) is 4.17. The van der Waals surface area contributed by atoms with Gasteiger partial charge in [-0.2, -0.15) is 0 Å². The first kappa shape index (κ1) is 20.0. The average Bonchev–Trinajstić information content (AvgIpc) is 2.41. The summed E-state index contributed by atoms with van der Waals surface area (Å²) in [4.78, 5) is 2.47. The Morgan fingerprint density at radius 2 is 1.95 bits per heavy atom. The van der Waals surface area contributed by atoms with Crippen LogP contribution in [-0.4, -0.2) is 36.2 Å². The van der Waals surface area contributed by atoms with E-state index in [4.69, 9.17) is 0 Å². The van der Waals surface area contributed by atoms with E-state index in [0.29, 0.717) is 11.8 Å². The molecule has 1 fully saturated rings. The number of aromatic hydroxyl groups is 1. The van der Waals surface area contributed by atoms with Gasteiger partial charge in [0.2, 0.25) is 0 Å². The lowest BCUT2D eigenvalue weighted by molar-refractivity contribution is 0.162. The molecule has 1 saturated heterocycles. The Morgan fingerprint density at radius 3 is 2.55 bits per heavy atom. The summed E-state index contributed by atoms with van der Waals surface area (Å²) in [6, 6.07) is 6.26. The zero-order valence-electron chi connectivity index (χ0n) is 11.6. The summed E-state index contributed by atoms with van der Waals surface area (Å²) in [6.45, 7) is 6.38. The molecule has 0 aliphatic carbocycles. The van der Waals surface area contributed by atoms with Crippen LogP contribution in [0.25, 0.3) is 0 Å².